The quantitative estimate of drug-likeness (QED) is 0.866. The van der Waals surface area contributed by atoms with Crippen LogP contribution < -0.4 is 4.72 Å². The van der Waals surface area contributed by atoms with Crippen molar-refractivity contribution in [1.29, 1.82) is 0 Å². The average Bonchev–Trinajstić information content (AvgIpc) is 2.95. The number of nitrogens with one attached hydrogen (secondary N) is 1. The average molecular weight is 283 g/mol. The Kier molecular flexibility index (Phi) is 3.73. The molecule has 0 bridgehead atoms. The molecule has 5 heteroatoms. The van der Waals surface area contributed by atoms with Gasteiger partial charge in [-0.2, -0.15) is 0 Å². The van der Waals surface area contributed by atoms with E-state index in [1.165, 1.54) is 6.07 Å². The lowest BCUT2D eigenvalue weighted by atomic mass is 10.1. The van der Waals surface area contributed by atoms with Gasteiger partial charge < -0.3 is 5.11 Å². The van der Waals surface area contributed by atoms with Gasteiger partial charge in [0.05, 0.1) is 11.5 Å². The van der Waals surface area contributed by atoms with Gasteiger partial charge in [-0.05, 0) is 47.9 Å². The molecule has 1 atom stereocenters. The van der Waals surface area contributed by atoms with E-state index in [4.69, 9.17) is 0 Å². The summed E-state index contributed by atoms with van der Waals surface area (Å²) in [6, 6.07) is 4.84. The van der Waals surface area contributed by atoms with Gasteiger partial charge in [-0.3, -0.25) is 0 Å². The Morgan fingerprint density at radius 3 is 2.58 bits per heavy atom. The zero-order valence-electron chi connectivity index (χ0n) is 11.6. The van der Waals surface area contributed by atoms with Crippen LogP contribution in [0.5, 0.6) is 0 Å². The molecular weight excluding hydrogens is 262 g/mol. The minimum Gasteiger partial charge on any atom is -0.392 e. The molecule has 1 aromatic rings. The molecule has 1 aliphatic rings. The molecule has 0 aliphatic heterocycles. The molecule has 1 fully saturated rings. The van der Waals surface area contributed by atoms with Crippen molar-refractivity contribution in [2.45, 2.75) is 38.7 Å². The van der Waals surface area contributed by atoms with Gasteiger partial charge in [-0.1, -0.05) is 19.9 Å². The first-order valence-electron chi connectivity index (χ1n) is 6.46. The molecule has 0 saturated heterocycles. The Balaban J connectivity index is 2.11. The first-order valence-corrected chi connectivity index (χ1v) is 7.94. The summed E-state index contributed by atoms with van der Waals surface area (Å²) in [5.41, 5.74) is 1.80. The van der Waals surface area contributed by atoms with Crippen LogP contribution in [0.15, 0.2) is 23.1 Å². The maximum absolute atomic E-state index is 12.2. The van der Waals surface area contributed by atoms with Crippen LogP contribution >= 0.6 is 0 Å². The van der Waals surface area contributed by atoms with Gasteiger partial charge in [0.2, 0.25) is 10.0 Å². The second-order valence-electron chi connectivity index (χ2n) is 5.99. The topological polar surface area (TPSA) is 66.4 Å². The van der Waals surface area contributed by atoms with Gasteiger partial charge in [-0.25, -0.2) is 13.1 Å². The minimum atomic E-state index is -3.48. The number of sulfonamides is 1. The lowest BCUT2D eigenvalue weighted by molar-refractivity contribution is 0.280. The number of hydrogen-bond acceptors (Lipinski definition) is 3. The van der Waals surface area contributed by atoms with Crippen molar-refractivity contribution in [2.75, 3.05) is 6.54 Å². The number of benzene rings is 1. The number of aliphatic hydroxyl groups excluding tert-OH is 1. The van der Waals surface area contributed by atoms with Crippen LogP contribution in [0.4, 0.5) is 0 Å². The molecule has 1 unspecified atom stereocenters. The Bertz CT molecular complexity index is 578. The molecule has 0 heterocycles. The maximum Gasteiger partial charge on any atom is 0.240 e. The molecule has 0 aromatic heterocycles. The second kappa shape index (κ2) is 4.89. The first-order chi connectivity index (χ1) is 8.76. The summed E-state index contributed by atoms with van der Waals surface area (Å²) in [6.07, 6.45) is 1.06. The third-order valence-corrected chi connectivity index (χ3v) is 5.46. The Hall–Kier alpha value is -0.910. The lowest BCUT2D eigenvalue weighted by Crippen LogP contribution is -2.27. The monoisotopic (exact) mass is 283 g/mol. The van der Waals surface area contributed by atoms with Crippen LogP contribution in [-0.4, -0.2) is 20.1 Å². The van der Waals surface area contributed by atoms with E-state index in [9.17, 15) is 13.5 Å². The highest BCUT2D eigenvalue weighted by atomic mass is 32.2. The van der Waals surface area contributed by atoms with Gasteiger partial charge >= 0.3 is 0 Å². The summed E-state index contributed by atoms with van der Waals surface area (Å²) in [7, 11) is -3.48. The zero-order chi connectivity index (χ0) is 14.3. The van der Waals surface area contributed by atoms with E-state index in [2.05, 4.69) is 18.6 Å². The fraction of sp³-hybridized carbons (Fsp3) is 0.571. The van der Waals surface area contributed by atoms with E-state index in [0.29, 0.717) is 18.0 Å². The SMILES string of the molecule is Cc1ccc(S(=O)(=O)NCC2CC2(C)C)cc1CO. The van der Waals surface area contributed by atoms with Crippen molar-refractivity contribution in [3.8, 4) is 0 Å². The molecule has 106 valence electrons. The van der Waals surface area contributed by atoms with Crippen LogP contribution in [0, 0.1) is 18.3 Å². The lowest BCUT2D eigenvalue weighted by Gasteiger charge is -2.10. The molecule has 0 amide bonds. The number of aliphatic hydroxyl groups is 1. The Morgan fingerprint density at radius 1 is 1.42 bits per heavy atom. The highest BCUT2D eigenvalue weighted by molar-refractivity contribution is 7.89. The molecule has 1 saturated carbocycles. The first kappa shape index (κ1) is 14.5. The number of aryl methyl sites for hydroxylation is 1. The molecule has 4 nitrogen and oxygen atoms in total. The van der Waals surface area contributed by atoms with E-state index in [1.807, 2.05) is 6.92 Å². The molecule has 19 heavy (non-hydrogen) atoms. The van der Waals surface area contributed by atoms with Crippen LogP contribution in [0.3, 0.4) is 0 Å². The Morgan fingerprint density at radius 2 is 2.05 bits per heavy atom. The summed E-state index contributed by atoms with van der Waals surface area (Å²) in [5.74, 6) is 0.421. The standard InChI is InChI=1S/C14H21NO3S/c1-10-4-5-13(6-11(10)9-16)19(17,18)15-8-12-7-14(12,2)3/h4-6,12,15-16H,7-9H2,1-3H3. The predicted molar refractivity (Wildman–Crippen MR) is 74.2 cm³/mol. The van der Waals surface area contributed by atoms with Gasteiger partial charge in [0.15, 0.2) is 0 Å². The van der Waals surface area contributed by atoms with Crippen molar-refractivity contribution in [3.63, 3.8) is 0 Å². The molecular formula is C14H21NO3S. The third-order valence-electron chi connectivity index (χ3n) is 4.04. The van der Waals surface area contributed by atoms with Crippen molar-refractivity contribution in [3.05, 3.63) is 29.3 Å². The predicted octanol–water partition coefficient (Wildman–Crippen LogP) is 1.81. The van der Waals surface area contributed by atoms with Crippen LogP contribution in [0.2, 0.25) is 0 Å². The normalized spacial score (nSPS) is 21.4. The van der Waals surface area contributed by atoms with E-state index < -0.39 is 10.0 Å². The van der Waals surface area contributed by atoms with Crippen molar-refractivity contribution in [1.82, 2.24) is 4.72 Å². The molecule has 2 rings (SSSR count). The van der Waals surface area contributed by atoms with Gasteiger partial charge in [-0.15, -0.1) is 0 Å². The van der Waals surface area contributed by atoms with Crippen LogP contribution in [0.25, 0.3) is 0 Å². The summed E-state index contributed by atoms with van der Waals surface area (Å²) in [4.78, 5) is 0.223. The summed E-state index contributed by atoms with van der Waals surface area (Å²) in [5, 5.41) is 9.19. The molecule has 2 N–H and O–H groups in total. The maximum atomic E-state index is 12.2. The smallest absolute Gasteiger partial charge is 0.240 e. The van der Waals surface area contributed by atoms with Crippen LogP contribution in [0.1, 0.15) is 31.4 Å². The fourth-order valence-corrected chi connectivity index (χ4v) is 3.34. The third kappa shape index (κ3) is 3.16. The van der Waals surface area contributed by atoms with Crippen molar-refractivity contribution in [2.24, 2.45) is 11.3 Å². The number of rotatable bonds is 5. The van der Waals surface area contributed by atoms with Gasteiger partial charge in [0.1, 0.15) is 0 Å². The minimum absolute atomic E-state index is 0.148. The molecule has 0 spiro atoms. The molecule has 1 aliphatic carbocycles. The fourth-order valence-electron chi connectivity index (χ4n) is 2.20. The summed E-state index contributed by atoms with van der Waals surface area (Å²) < 4.78 is 27.0. The largest absolute Gasteiger partial charge is 0.392 e. The second-order valence-corrected chi connectivity index (χ2v) is 7.75. The van der Waals surface area contributed by atoms with Gasteiger partial charge in [0.25, 0.3) is 0 Å². The Labute approximate surface area is 114 Å². The van der Waals surface area contributed by atoms with Gasteiger partial charge in [0, 0.05) is 6.54 Å². The zero-order valence-corrected chi connectivity index (χ0v) is 12.4. The highest BCUT2D eigenvalue weighted by Crippen LogP contribution is 2.51. The summed E-state index contributed by atoms with van der Waals surface area (Å²) >= 11 is 0. The van der Waals surface area contributed by atoms with E-state index >= 15 is 0 Å². The molecule has 1 aromatic carbocycles. The van der Waals surface area contributed by atoms with E-state index in [1.54, 1.807) is 12.1 Å². The van der Waals surface area contributed by atoms with Crippen molar-refractivity contribution < 1.29 is 13.5 Å². The van der Waals surface area contributed by atoms with E-state index in [-0.39, 0.29) is 16.9 Å². The summed E-state index contributed by atoms with van der Waals surface area (Å²) in [6.45, 7) is 6.47. The molecule has 0 radical (unpaired) electrons. The van der Waals surface area contributed by atoms with Crippen molar-refractivity contribution >= 4 is 10.0 Å². The highest BCUT2D eigenvalue weighted by Gasteiger charge is 2.45. The van der Waals surface area contributed by atoms with Crippen LogP contribution in [-0.2, 0) is 16.6 Å². The number of hydrogen-bond donors (Lipinski definition) is 2. The van der Waals surface area contributed by atoms with E-state index in [0.717, 1.165) is 12.0 Å².